The van der Waals surface area contributed by atoms with Crippen molar-refractivity contribution in [2.45, 2.75) is 50.1 Å². The summed E-state index contributed by atoms with van der Waals surface area (Å²) >= 11 is 0. The summed E-state index contributed by atoms with van der Waals surface area (Å²) in [6.45, 7) is 1.74. The summed E-state index contributed by atoms with van der Waals surface area (Å²) in [6, 6.07) is 10.0. The van der Waals surface area contributed by atoms with Gasteiger partial charge in [-0.2, -0.15) is 13.2 Å². The first kappa shape index (κ1) is 25.9. The van der Waals surface area contributed by atoms with E-state index in [9.17, 15) is 22.4 Å². The lowest BCUT2D eigenvalue weighted by molar-refractivity contribution is -0.138. The number of carbonyl (C=O) groups is 1. The van der Waals surface area contributed by atoms with Crippen LogP contribution in [0.15, 0.2) is 42.7 Å². The zero-order chi connectivity index (χ0) is 27.4. The molecule has 2 aromatic carbocycles. The topological polar surface area (TPSA) is 63.5 Å². The van der Waals surface area contributed by atoms with Crippen LogP contribution in [0.1, 0.15) is 51.3 Å². The van der Waals surface area contributed by atoms with Gasteiger partial charge in [0.2, 0.25) is 0 Å². The van der Waals surface area contributed by atoms with Crippen LogP contribution in [0.4, 0.5) is 23.2 Å². The third-order valence-electron chi connectivity index (χ3n) is 8.09. The minimum atomic E-state index is -4.62. The summed E-state index contributed by atoms with van der Waals surface area (Å²) in [5, 5.41) is 8.15. The fraction of sp³-hybridized carbons (Fsp3) is 0.464. The predicted octanol–water partition coefficient (Wildman–Crippen LogP) is 4.44. The molecule has 0 spiro atoms. The number of anilines is 1. The molecule has 2 saturated heterocycles. The Morgan fingerprint density at radius 3 is 2.67 bits per heavy atom. The van der Waals surface area contributed by atoms with E-state index in [0.29, 0.717) is 50.3 Å². The van der Waals surface area contributed by atoms with Crippen LogP contribution in [0.2, 0.25) is 0 Å². The van der Waals surface area contributed by atoms with Gasteiger partial charge in [-0.3, -0.25) is 9.69 Å². The highest BCUT2D eigenvalue weighted by molar-refractivity contribution is 6.10. The molecule has 1 amide bonds. The summed E-state index contributed by atoms with van der Waals surface area (Å²) < 4.78 is 63.8. The Morgan fingerprint density at radius 2 is 2.00 bits per heavy atom. The smallest absolute Gasteiger partial charge is 0.379 e. The van der Waals surface area contributed by atoms with Crippen molar-refractivity contribution < 1.29 is 27.1 Å². The number of likely N-dealkylation sites (tertiary alicyclic amines) is 1. The number of carbonyl (C=O) groups excluding carboxylic acids is 1. The third-order valence-corrected chi connectivity index (χ3v) is 8.09. The molecule has 1 aromatic heterocycles. The maximum Gasteiger partial charge on any atom is 0.416 e. The number of nitrogens with zero attached hydrogens (tertiary/aromatic N) is 5. The van der Waals surface area contributed by atoms with Crippen molar-refractivity contribution >= 4 is 11.6 Å². The lowest BCUT2D eigenvalue weighted by atomic mass is 9.75. The first-order valence-electron chi connectivity index (χ1n) is 13.1. The van der Waals surface area contributed by atoms with Crippen LogP contribution in [-0.2, 0) is 42.9 Å². The Balaban J connectivity index is 1.31. The summed E-state index contributed by atoms with van der Waals surface area (Å²) in [5.74, 6) is 0.326. The molecule has 11 heteroatoms. The Hall–Kier alpha value is -3.31. The third kappa shape index (κ3) is 4.82. The van der Waals surface area contributed by atoms with E-state index in [1.165, 1.54) is 4.90 Å². The van der Waals surface area contributed by atoms with E-state index >= 15 is 0 Å². The van der Waals surface area contributed by atoms with Crippen LogP contribution in [0.5, 0.6) is 0 Å². The van der Waals surface area contributed by atoms with Gasteiger partial charge in [0.25, 0.3) is 5.91 Å². The maximum atomic E-state index is 14.2. The van der Waals surface area contributed by atoms with Gasteiger partial charge < -0.3 is 14.2 Å². The monoisotopic (exact) mass is 543 g/mol. The number of alkyl halides is 4. The number of rotatable bonds is 6. The molecular formula is C28H29F4N5O2. The number of ether oxygens (including phenoxy) is 1. The van der Waals surface area contributed by atoms with Crippen molar-refractivity contribution in [1.82, 2.24) is 19.7 Å². The molecule has 206 valence electrons. The summed E-state index contributed by atoms with van der Waals surface area (Å²) in [5.41, 5.74) is 0.698. The van der Waals surface area contributed by atoms with Crippen molar-refractivity contribution in [3.8, 4) is 0 Å². The normalized spacial score (nSPS) is 21.2. The van der Waals surface area contributed by atoms with Gasteiger partial charge in [0.05, 0.1) is 25.3 Å². The van der Waals surface area contributed by atoms with Gasteiger partial charge in [0, 0.05) is 43.2 Å². The van der Waals surface area contributed by atoms with E-state index in [1.807, 2.05) is 34.7 Å². The fourth-order valence-electron chi connectivity index (χ4n) is 5.91. The zero-order valence-corrected chi connectivity index (χ0v) is 21.5. The molecule has 1 atom stereocenters. The second-order valence-electron chi connectivity index (χ2n) is 10.9. The number of hydrogen-bond acceptors (Lipinski definition) is 5. The number of fused-ring (bicyclic) bond motifs is 1. The van der Waals surface area contributed by atoms with Crippen molar-refractivity contribution in [3.05, 3.63) is 76.4 Å². The van der Waals surface area contributed by atoms with E-state index in [-0.39, 0.29) is 36.2 Å². The van der Waals surface area contributed by atoms with Crippen LogP contribution in [0.25, 0.3) is 0 Å². The van der Waals surface area contributed by atoms with E-state index in [1.54, 1.807) is 18.5 Å². The molecule has 0 bridgehead atoms. The molecule has 0 saturated carbocycles. The predicted molar refractivity (Wildman–Crippen MR) is 135 cm³/mol. The van der Waals surface area contributed by atoms with Crippen LogP contribution in [-0.4, -0.2) is 58.0 Å². The van der Waals surface area contributed by atoms with Gasteiger partial charge in [0.15, 0.2) is 0 Å². The quantitative estimate of drug-likeness (QED) is 0.431. The van der Waals surface area contributed by atoms with Crippen LogP contribution in [0, 0.1) is 0 Å². The minimum absolute atomic E-state index is 0.0237. The highest BCUT2D eigenvalue weighted by Crippen LogP contribution is 2.42. The van der Waals surface area contributed by atoms with Crippen molar-refractivity contribution in [1.29, 1.82) is 0 Å². The zero-order valence-electron chi connectivity index (χ0n) is 21.5. The molecular weight excluding hydrogens is 514 g/mol. The molecule has 7 nitrogen and oxygen atoms in total. The van der Waals surface area contributed by atoms with Crippen LogP contribution < -0.4 is 4.90 Å². The van der Waals surface area contributed by atoms with Crippen LogP contribution >= 0.6 is 0 Å². The van der Waals surface area contributed by atoms with Gasteiger partial charge in [-0.05, 0) is 60.3 Å². The standard InChI is InChI=1S/C28H29F4N5O2/c1-35-17-33-34-25(35)11-27(15-39-16-27)19-4-2-6-21(10-19)37-14-23-22(26(37)38)8-18(9-24(23)28(30,31)32)12-36-7-3-5-20(29)13-36/h2,4,6,8-10,17,20H,3,5,7,11-16H2,1H3/t20-/m1/s1. The summed E-state index contributed by atoms with van der Waals surface area (Å²) in [6.07, 6.45) is -2.27. The Kier molecular flexibility index (Phi) is 6.46. The molecule has 2 fully saturated rings. The maximum absolute atomic E-state index is 14.2. The van der Waals surface area contributed by atoms with E-state index in [4.69, 9.17) is 4.74 Å². The Labute approximate surface area is 223 Å². The van der Waals surface area contributed by atoms with Crippen LogP contribution in [0.3, 0.4) is 0 Å². The lowest BCUT2D eigenvalue weighted by Gasteiger charge is -2.42. The first-order chi connectivity index (χ1) is 18.6. The Morgan fingerprint density at radius 1 is 1.18 bits per heavy atom. The number of aromatic nitrogens is 3. The molecule has 3 aliphatic rings. The number of benzene rings is 2. The summed E-state index contributed by atoms with van der Waals surface area (Å²) in [4.78, 5) is 16.8. The van der Waals surface area contributed by atoms with Gasteiger partial charge in [-0.1, -0.05) is 12.1 Å². The van der Waals surface area contributed by atoms with Crippen molar-refractivity contribution in [2.75, 3.05) is 31.2 Å². The Bertz CT molecular complexity index is 1400. The molecule has 3 aliphatic heterocycles. The lowest BCUT2D eigenvalue weighted by Crippen LogP contribution is -2.49. The minimum Gasteiger partial charge on any atom is -0.379 e. The number of halogens is 4. The molecule has 0 unspecified atom stereocenters. The highest BCUT2D eigenvalue weighted by atomic mass is 19.4. The molecule has 4 heterocycles. The van der Waals surface area contributed by atoms with E-state index in [2.05, 4.69) is 10.2 Å². The average Bonchev–Trinajstić information content (AvgIpc) is 3.43. The molecule has 0 radical (unpaired) electrons. The second-order valence-corrected chi connectivity index (χ2v) is 10.9. The van der Waals surface area contributed by atoms with E-state index in [0.717, 1.165) is 17.5 Å². The number of aryl methyl sites for hydroxylation is 1. The molecule has 0 N–H and O–H groups in total. The van der Waals surface area contributed by atoms with Gasteiger partial charge in [0.1, 0.15) is 18.3 Å². The second kappa shape index (κ2) is 9.71. The first-order valence-corrected chi connectivity index (χ1v) is 13.1. The molecule has 39 heavy (non-hydrogen) atoms. The number of piperidine rings is 1. The summed E-state index contributed by atoms with van der Waals surface area (Å²) in [7, 11) is 1.87. The number of hydrogen-bond donors (Lipinski definition) is 0. The highest BCUT2D eigenvalue weighted by Gasteiger charge is 2.43. The molecule has 3 aromatic rings. The van der Waals surface area contributed by atoms with Gasteiger partial charge in [-0.25, -0.2) is 4.39 Å². The van der Waals surface area contributed by atoms with Gasteiger partial charge >= 0.3 is 6.18 Å². The molecule has 0 aliphatic carbocycles. The van der Waals surface area contributed by atoms with E-state index < -0.39 is 23.8 Å². The van der Waals surface area contributed by atoms with Gasteiger partial charge in [-0.15, -0.1) is 10.2 Å². The average molecular weight is 544 g/mol. The molecule has 6 rings (SSSR count). The largest absolute Gasteiger partial charge is 0.416 e. The van der Waals surface area contributed by atoms with Crippen molar-refractivity contribution in [3.63, 3.8) is 0 Å². The SMILES string of the molecule is Cn1cnnc1CC1(c2cccc(N3Cc4c(cc(CN5CCC[C@@H](F)C5)cc4C(F)(F)F)C3=O)c2)COC1. The number of amides is 1. The fourth-order valence-corrected chi connectivity index (χ4v) is 5.91. The van der Waals surface area contributed by atoms with Crippen molar-refractivity contribution in [2.24, 2.45) is 7.05 Å².